The van der Waals surface area contributed by atoms with Crippen LogP contribution >= 0.6 is 0 Å². The fraction of sp³-hybridized carbons (Fsp3) is 0.533. The largest absolute Gasteiger partial charge is 0.494 e. The number of carbonyl (C=O) groups excluding carboxylic acids is 1. The Kier molecular flexibility index (Phi) is 5.83. The number of nitrogens with one attached hydrogen (secondary N) is 1. The summed E-state index contributed by atoms with van der Waals surface area (Å²) in [6.07, 6.45) is 3.50. The topological polar surface area (TPSA) is 76.8 Å². The zero-order valence-electron chi connectivity index (χ0n) is 12.4. The Morgan fingerprint density at radius 3 is 3.05 bits per heavy atom. The fourth-order valence-electron chi connectivity index (χ4n) is 2.26. The van der Waals surface area contributed by atoms with Crippen molar-refractivity contribution < 1.29 is 14.4 Å². The number of hydrogen-bond donors (Lipinski definition) is 2. The van der Waals surface area contributed by atoms with Crippen LogP contribution < -0.4 is 15.8 Å². The van der Waals surface area contributed by atoms with Gasteiger partial charge in [-0.2, -0.15) is 5.06 Å². The van der Waals surface area contributed by atoms with Gasteiger partial charge in [-0.15, -0.1) is 0 Å². The van der Waals surface area contributed by atoms with Crippen molar-refractivity contribution in [2.24, 2.45) is 0 Å². The van der Waals surface area contributed by atoms with E-state index in [9.17, 15) is 4.79 Å². The molecule has 1 aromatic rings. The summed E-state index contributed by atoms with van der Waals surface area (Å²) in [5.41, 5.74) is 6.93. The van der Waals surface area contributed by atoms with Crippen molar-refractivity contribution in [3.63, 3.8) is 0 Å². The summed E-state index contributed by atoms with van der Waals surface area (Å²) in [6, 6.07) is 5.18. The number of methoxy groups -OCH3 is 1. The predicted molar refractivity (Wildman–Crippen MR) is 82.0 cm³/mol. The molecule has 0 spiro atoms. The van der Waals surface area contributed by atoms with Gasteiger partial charge in [0.25, 0.3) is 0 Å². The van der Waals surface area contributed by atoms with Crippen LogP contribution in [0.1, 0.15) is 25.7 Å². The summed E-state index contributed by atoms with van der Waals surface area (Å²) in [5, 5.41) is 4.79. The lowest BCUT2D eigenvalue weighted by molar-refractivity contribution is -0.180. The van der Waals surface area contributed by atoms with Crippen molar-refractivity contribution >= 4 is 17.3 Å². The van der Waals surface area contributed by atoms with Crippen molar-refractivity contribution in [3.8, 4) is 5.75 Å². The van der Waals surface area contributed by atoms with Gasteiger partial charge in [0.1, 0.15) is 5.75 Å². The number of ether oxygens (including phenoxy) is 1. The minimum absolute atomic E-state index is 0.0323. The first kappa shape index (κ1) is 15.6. The number of rotatable bonds is 6. The van der Waals surface area contributed by atoms with E-state index in [0.717, 1.165) is 39.0 Å². The minimum atomic E-state index is -0.0323. The van der Waals surface area contributed by atoms with E-state index in [-0.39, 0.29) is 5.91 Å². The summed E-state index contributed by atoms with van der Waals surface area (Å²) >= 11 is 0. The van der Waals surface area contributed by atoms with Crippen LogP contribution in [0, 0.1) is 0 Å². The van der Waals surface area contributed by atoms with Crippen LogP contribution in [0.4, 0.5) is 11.4 Å². The molecule has 6 heteroatoms. The molecule has 0 aliphatic carbocycles. The molecule has 0 unspecified atom stereocenters. The molecule has 1 fully saturated rings. The Hall–Kier alpha value is -1.79. The molecule has 0 radical (unpaired) electrons. The Morgan fingerprint density at radius 2 is 2.33 bits per heavy atom. The molecule has 116 valence electrons. The predicted octanol–water partition coefficient (Wildman–Crippen LogP) is 2.02. The molecule has 3 N–H and O–H groups in total. The lowest BCUT2D eigenvalue weighted by Gasteiger charge is -2.25. The van der Waals surface area contributed by atoms with Crippen molar-refractivity contribution in [3.05, 3.63) is 18.2 Å². The average molecular weight is 293 g/mol. The molecule has 6 nitrogen and oxygen atoms in total. The van der Waals surface area contributed by atoms with Crippen LogP contribution in [0.25, 0.3) is 0 Å². The van der Waals surface area contributed by atoms with Crippen molar-refractivity contribution in [1.29, 1.82) is 0 Å². The van der Waals surface area contributed by atoms with Gasteiger partial charge in [-0.1, -0.05) is 0 Å². The highest BCUT2D eigenvalue weighted by atomic mass is 16.7. The van der Waals surface area contributed by atoms with Gasteiger partial charge in [0.2, 0.25) is 5.91 Å². The number of hydroxylamine groups is 2. The third kappa shape index (κ3) is 4.91. The number of nitrogens with zero attached hydrogens (tertiary/aromatic N) is 1. The van der Waals surface area contributed by atoms with E-state index >= 15 is 0 Å². The average Bonchev–Trinajstić information content (AvgIpc) is 2.50. The van der Waals surface area contributed by atoms with E-state index in [1.54, 1.807) is 25.3 Å². The number of anilines is 2. The van der Waals surface area contributed by atoms with Crippen LogP contribution in [0.5, 0.6) is 5.75 Å². The number of benzene rings is 1. The van der Waals surface area contributed by atoms with Crippen molar-refractivity contribution in [2.45, 2.75) is 25.7 Å². The van der Waals surface area contributed by atoms with Crippen molar-refractivity contribution in [2.75, 3.05) is 37.9 Å². The molecular formula is C15H23N3O3. The molecule has 1 aliphatic heterocycles. The molecule has 0 atom stereocenters. The van der Waals surface area contributed by atoms with Gasteiger partial charge in [0.05, 0.1) is 19.4 Å². The normalized spacial score (nSPS) is 15.7. The minimum Gasteiger partial charge on any atom is -0.494 e. The first-order valence-corrected chi connectivity index (χ1v) is 7.30. The van der Waals surface area contributed by atoms with E-state index < -0.39 is 0 Å². The lowest BCUT2D eigenvalue weighted by atomic mass is 10.2. The maximum absolute atomic E-state index is 11.9. The highest BCUT2D eigenvalue weighted by molar-refractivity contribution is 5.92. The molecule has 21 heavy (non-hydrogen) atoms. The highest BCUT2D eigenvalue weighted by Crippen LogP contribution is 2.26. The maximum Gasteiger partial charge on any atom is 0.224 e. The smallest absolute Gasteiger partial charge is 0.224 e. The standard InChI is InChI=1S/C15H23N3O3/c1-20-14-11-12(16)6-7-13(14)17-15(19)5-4-9-18-8-2-3-10-21-18/h6-7,11H,2-5,8-10,16H2,1H3,(H,17,19). The second kappa shape index (κ2) is 7.85. The third-order valence-electron chi connectivity index (χ3n) is 3.39. The van der Waals surface area contributed by atoms with E-state index in [4.69, 9.17) is 15.3 Å². The summed E-state index contributed by atoms with van der Waals surface area (Å²) in [5.74, 6) is 0.540. The van der Waals surface area contributed by atoms with Gasteiger partial charge in [-0.3, -0.25) is 9.63 Å². The first-order chi connectivity index (χ1) is 10.2. The Balaban J connectivity index is 1.76. The van der Waals surface area contributed by atoms with Gasteiger partial charge in [0.15, 0.2) is 0 Å². The van der Waals surface area contributed by atoms with Crippen LogP contribution in [-0.2, 0) is 9.63 Å². The molecule has 0 aromatic heterocycles. The van der Waals surface area contributed by atoms with E-state index in [2.05, 4.69) is 5.32 Å². The molecule has 1 aliphatic rings. The number of carbonyl (C=O) groups is 1. The molecule has 2 rings (SSSR count). The molecule has 0 saturated carbocycles. The van der Waals surface area contributed by atoms with Crippen LogP contribution in [0.2, 0.25) is 0 Å². The second-order valence-corrected chi connectivity index (χ2v) is 5.08. The molecule has 0 bridgehead atoms. The monoisotopic (exact) mass is 293 g/mol. The summed E-state index contributed by atoms with van der Waals surface area (Å²) in [7, 11) is 1.55. The zero-order chi connectivity index (χ0) is 15.1. The Labute approximate surface area is 125 Å². The summed E-state index contributed by atoms with van der Waals surface area (Å²) in [4.78, 5) is 17.4. The van der Waals surface area contributed by atoms with E-state index in [0.29, 0.717) is 23.5 Å². The van der Waals surface area contributed by atoms with Crippen LogP contribution in [0.3, 0.4) is 0 Å². The van der Waals surface area contributed by atoms with Gasteiger partial charge in [0, 0.05) is 31.3 Å². The number of nitrogens with two attached hydrogens (primary N) is 1. The molecule has 1 saturated heterocycles. The maximum atomic E-state index is 11.9. The van der Waals surface area contributed by atoms with Gasteiger partial charge < -0.3 is 15.8 Å². The van der Waals surface area contributed by atoms with Gasteiger partial charge >= 0.3 is 0 Å². The molecular weight excluding hydrogens is 270 g/mol. The Morgan fingerprint density at radius 1 is 1.48 bits per heavy atom. The van der Waals surface area contributed by atoms with Gasteiger partial charge in [-0.25, -0.2) is 0 Å². The summed E-state index contributed by atoms with van der Waals surface area (Å²) in [6.45, 7) is 2.52. The van der Waals surface area contributed by atoms with E-state index in [1.165, 1.54) is 0 Å². The second-order valence-electron chi connectivity index (χ2n) is 5.08. The lowest BCUT2D eigenvalue weighted by Crippen LogP contribution is -2.31. The SMILES string of the molecule is COc1cc(N)ccc1NC(=O)CCCN1CCCCO1. The van der Waals surface area contributed by atoms with Crippen molar-refractivity contribution in [1.82, 2.24) is 5.06 Å². The molecule has 1 aromatic carbocycles. The Bertz CT molecular complexity index is 473. The third-order valence-corrected chi connectivity index (χ3v) is 3.39. The summed E-state index contributed by atoms with van der Waals surface area (Å²) < 4.78 is 5.20. The molecule has 1 amide bonds. The highest BCUT2D eigenvalue weighted by Gasteiger charge is 2.12. The number of amides is 1. The van der Waals surface area contributed by atoms with Crippen LogP contribution in [0.15, 0.2) is 18.2 Å². The van der Waals surface area contributed by atoms with Gasteiger partial charge in [-0.05, 0) is 31.4 Å². The molecule has 1 heterocycles. The fourth-order valence-corrected chi connectivity index (χ4v) is 2.26. The quantitative estimate of drug-likeness (QED) is 0.785. The van der Waals surface area contributed by atoms with E-state index in [1.807, 2.05) is 5.06 Å². The zero-order valence-corrected chi connectivity index (χ0v) is 12.4. The number of hydrogen-bond acceptors (Lipinski definition) is 5. The first-order valence-electron chi connectivity index (χ1n) is 7.30. The van der Waals surface area contributed by atoms with Crippen LogP contribution in [-0.4, -0.2) is 37.8 Å². The number of nitrogen functional groups attached to an aromatic ring is 1.